The topological polar surface area (TPSA) is 161 Å². The molecule has 0 radical (unpaired) electrons. The van der Waals surface area contributed by atoms with Crippen LogP contribution in [-0.4, -0.2) is 57.6 Å². The number of fused-ring (bicyclic) bond motifs is 3. The van der Waals surface area contributed by atoms with Crippen LogP contribution in [0.5, 0.6) is 5.75 Å². The molecule has 0 aromatic heterocycles. The lowest BCUT2D eigenvalue weighted by molar-refractivity contribution is -0.155. The van der Waals surface area contributed by atoms with Gasteiger partial charge in [0, 0.05) is 42.8 Å². The maximum absolute atomic E-state index is 14.3. The Hall–Kier alpha value is -3.85. The summed E-state index contributed by atoms with van der Waals surface area (Å²) < 4.78 is 0. The van der Waals surface area contributed by atoms with Crippen LogP contribution in [-0.2, 0) is 20.8 Å². The molecule has 0 bridgehead atoms. The molecule has 9 heteroatoms. The van der Waals surface area contributed by atoms with Gasteiger partial charge in [0.15, 0.2) is 11.4 Å². The second kappa shape index (κ2) is 11.4. The van der Waals surface area contributed by atoms with Crippen LogP contribution in [0.15, 0.2) is 40.7 Å². The number of amides is 1. The number of primary amides is 1. The third-order valence-electron chi connectivity index (χ3n) is 11.4. The van der Waals surface area contributed by atoms with Crippen molar-refractivity contribution in [3.8, 4) is 5.75 Å². The highest BCUT2D eigenvalue weighted by Gasteiger charge is 2.64. The summed E-state index contributed by atoms with van der Waals surface area (Å²) in [5.41, 5.74) is 6.33. The zero-order valence-electron chi connectivity index (χ0n) is 27.4. The number of benzene rings is 1. The Bertz CT molecular complexity index is 1650. The average molecular weight is 631 g/mol. The monoisotopic (exact) mass is 630 g/mol. The van der Waals surface area contributed by atoms with Crippen molar-refractivity contribution in [1.82, 2.24) is 0 Å². The molecule has 0 spiro atoms. The predicted molar refractivity (Wildman–Crippen MR) is 176 cm³/mol. The molecular weight excluding hydrogens is 584 g/mol. The Morgan fingerprint density at radius 2 is 1.76 bits per heavy atom. The molecule has 6 rings (SSSR count). The SMILES string of the molecule is CC1CCC(CC2=CC=C(c3cc(N(C)C)c4c(c3O)C(O)=C3C(=O)[C@]5(O)C(O)=C(C(N)=O)C(=O)[C@@H](C(C)C)[C@@H]5C[C@@H]3C4)C2)CC1. The van der Waals surface area contributed by atoms with Crippen molar-refractivity contribution in [3.63, 3.8) is 0 Å². The van der Waals surface area contributed by atoms with E-state index in [1.54, 1.807) is 13.8 Å². The number of aliphatic hydroxyl groups excluding tert-OH is 2. The summed E-state index contributed by atoms with van der Waals surface area (Å²) in [7, 11) is 3.77. The van der Waals surface area contributed by atoms with Crippen LogP contribution in [0.25, 0.3) is 11.3 Å². The molecule has 5 aliphatic carbocycles. The number of allylic oxidation sites excluding steroid dienone is 4. The van der Waals surface area contributed by atoms with Gasteiger partial charge in [-0.3, -0.25) is 14.4 Å². The first-order valence-electron chi connectivity index (χ1n) is 16.6. The third kappa shape index (κ3) is 4.81. The minimum atomic E-state index is -2.62. The number of phenolic OH excluding ortho intramolecular Hbond substituents is 1. The number of hydrogen-bond donors (Lipinski definition) is 5. The molecule has 0 saturated heterocycles. The zero-order valence-corrected chi connectivity index (χ0v) is 27.4. The first kappa shape index (κ1) is 32.1. The fourth-order valence-electron chi connectivity index (χ4n) is 8.99. The van der Waals surface area contributed by atoms with Gasteiger partial charge >= 0.3 is 0 Å². The molecule has 2 saturated carbocycles. The van der Waals surface area contributed by atoms with Crippen molar-refractivity contribution in [1.29, 1.82) is 0 Å². The molecular formula is C37H46N2O7. The molecule has 246 valence electrons. The number of rotatable bonds is 6. The van der Waals surface area contributed by atoms with Crippen LogP contribution in [0.1, 0.15) is 82.4 Å². The molecule has 0 unspecified atom stereocenters. The second-order valence-corrected chi connectivity index (χ2v) is 14.9. The number of carbonyl (C=O) groups is 3. The van der Waals surface area contributed by atoms with E-state index in [0.29, 0.717) is 23.5 Å². The van der Waals surface area contributed by atoms with Crippen LogP contribution in [0, 0.1) is 35.5 Å². The van der Waals surface area contributed by atoms with Crippen LogP contribution in [0.3, 0.4) is 0 Å². The maximum atomic E-state index is 14.3. The Morgan fingerprint density at radius 1 is 1.09 bits per heavy atom. The van der Waals surface area contributed by atoms with E-state index in [0.717, 1.165) is 23.6 Å². The number of aromatic hydroxyl groups is 1. The predicted octanol–water partition coefficient (Wildman–Crippen LogP) is 5.30. The largest absolute Gasteiger partial charge is 0.508 e. The highest BCUT2D eigenvalue weighted by atomic mass is 16.3. The number of hydrogen-bond acceptors (Lipinski definition) is 8. The molecule has 1 aromatic carbocycles. The Balaban J connectivity index is 1.41. The highest BCUT2D eigenvalue weighted by molar-refractivity contribution is 6.23. The highest BCUT2D eigenvalue weighted by Crippen LogP contribution is 2.56. The van der Waals surface area contributed by atoms with E-state index in [-0.39, 0.29) is 35.6 Å². The first-order chi connectivity index (χ1) is 21.7. The summed E-state index contributed by atoms with van der Waals surface area (Å²) in [5.74, 6) is -6.07. The van der Waals surface area contributed by atoms with Crippen molar-refractivity contribution in [3.05, 3.63) is 57.4 Å². The van der Waals surface area contributed by atoms with Crippen molar-refractivity contribution in [2.75, 3.05) is 19.0 Å². The summed E-state index contributed by atoms with van der Waals surface area (Å²) in [4.78, 5) is 41.9. The molecule has 4 atom stereocenters. The van der Waals surface area contributed by atoms with Crippen LogP contribution < -0.4 is 10.6 Å². The number of carbonyl (C=O) groups excluding carboxylic acids is 3. The van der Waals surface area contributed by atoms with Gasteiger partial charge in [-0.25, -0.2) is 0 Å². The van der Waals surface area contributed by atoms with Gasteiger partial charge in [0.05, 0.1) is 5.56 Å². The fraction of sp³-hybridized carbons (Fsp3) is 0.541. The molecule has 1 amide bonds. The Morgan fingerprint density at radius 3 is 2.37 bits per heavy atom. The summed E-state index contributed by atoms with van der Waals surface area (Å²) >= 11 is 0. The summed E-state index contributed by atoms with van der Waals surface area (Å²) in [5, 5.41) is 46.7. The van der Waals surface area contributed by atoms with E-state index in [9.17, 15) is 34.8 Å². The molecule has 9 nitrogen and oxygen atoms in total. The number of Topliss-reactive ketones (excluding diaryl/α,β-unsaturated/α-hetero) is 2. The molecule has 2 fully saturated rings. The van der Waals surface area contributed by atoms with E-state index in [2.05, 4.69) is 13.0 Å². The van der Waals surface area contributed by atoms with Crippen LogP contribution in [0.2, 0.25) is 0 Å². The summed E-state index contributed by atoms with van der Waals surface area (Å²) in [6.07, 6.45) is 11.2. The minimum Gasteiger partial charge on any atom is -0.508 e. The van der Waals surface area contributed by atoms with E-state index in [1.165, 1.54) is 31.3 Å². The Kier molecular flexibility index (Phi) is 7.98. The fourth-order valence-corrected chi connectivity index (χ4v) is 8.99. The van der Waals surface area contributed by atoms with Crippen molar-refractivity contribution >= 4 is 34.5 Å². The zero-order chi connectivity index (χ0) is 33.4. The average Bonchev–Trinajstić information content (AvgIpc) is 3.44. The van der Waals surface area contributed by atoms with Gasteiger partial charge in [0.25, 0.3) is 5.91 Å². The lowest BCUT2D eigenvalue weighted by Crippen LogP contribution is -2.62. The molecule has 0 aliphatic heterocycles. The minimum absolute atomic E-state index is 0.0967. The summed E-state index contributed by atoms with van der Waals surface area (Å²) in [6.45, 7) is 5.82. The van der Waals surface area contributed by atoms with Gasteiger partial charge < -0.3 is 31.1 Å². The van der Waals surface area contributed by atoms with E-state index < -0.39 is 57.9 Å². The third-order valence-corrected chi connectivity index (χ3v) is 11.4. The van der Waals surface area contributed by atoms with Crippen LogP contribution in [0.4, 0.5) is 5.69 Å². The first-order valence-corrected chi connectivity index (χ1v) is 16.6. The molecule has 5 aliphatic rings. The van der Waals surface area contributed by atoms with Crippen LogP contribution >= 0.6 is 0 Å². The summed E-state index contributed by atoms with van der Waals surface area (Å²) in [6, 6.07) is 1.94. The lowest BCUT2D eigenvalue weighted by Gasteiger charge is -2.50. The molecule has 0 heterocycles. The van der Waals surface area contributed by atoms with Gasteiger partial charge in [-0.2, -0.15) is 0 Å². The van der Waals surface area contributed by atoms with E-state index >= 15 is 0 Å². The van der Waals surface area contributed by atoms with Crippen molar-refractivity contribution in [2.24, 2.45) is 41.2 Å². The quantitative estimate of drug-likeness (QED) is 0.265. The lowest BCUT2D eigenvalue weighted by atomic mass is 9.54. The van der Waals surface area contributed by atoms with Gasteiger partial charge in [-0.1, -0.05) is 51.3 Å². The second-order valence-electron chi connectivity index (χ2n) is 14.9. The van der Waals surface area contributed by atoms with E-state index in [4.69, 9.17) is 5.73 Å². The van der Waals surface area contributed by atoms with Crippen molar-refractivity contribution in [2.45, 2.75) is 77.7 Å². The number of anilines is 1. The number of phenols is 1. The van der Waals surface area contributed by atoms with Gasteiger partial charge in [0.2, 0.25) is 5.78 Å². The number of ketones is 2. The smallest absolute Gasteiger partial charge is 0.255 e. The maximum Gasteiger partial charge on any atom is 0.255 e. The van der Waals surface area contributed by atoms with E-state index in [1.807, 2.05) is 31.1 Å². The van der Waals surface area contributed by atoms with Gasteiger partial charge in [-0.05, 0) is 79.4 Å². The standard InChI is InChI=1S/C37H46N2O7/c1-17(2)27-25-15-22-14-24-26(39(4)5)16-23(21-11-10-20(13-21)12-19-8-6-18(3)7-9-19)31(40)29(24)33(42)28(22)34(43)37(25,46)35(44)30(32(27)41)36(38)45/h10-11,16-19,22,25,27,40,42,44,46H,6-9,12-15H2,1-5H3,(H2,38,45)/t18?,19?,22-,25-,27-,37-/m0/s1. The number of nitrogens with two attached hydrogens (primary N) is 1. The molecule has 1 aromatic rings. The van der Waals surface area contributed by atoms with Gasteiger partial charge in [-0.15, -0.1) is 0 Å². The Labute approximate surface area is 270 Å². The van der Waals surface area contributed by atoms with Gasteiger partial charge in [0.1, 0.15) is 22.8 Å². The van der Waals surface area contributed by atoms with Crippen molar-refractivity contribution < 1.29 is 34.8 Å². The number of nitrogens with zero attached hydrogens (tertiary/aromatic N) is 1. The normalized spacial score (nSPS) is 31.0. The number of aliphatic hydroxyl groups is 3. The molecule has 6 N–H and O–H groups in total. The molecule has 46 heavy (non-hydrogen) atoms.